The van der Waals surface area contributed by atoms with Gasteiger partial charge in [-0.3, -0.25) is 5.10 Å². The zero-order valence-electron chi connectivity index (χ0n) is 11.7. The summed E-state index contributed by atoms with van der Waals surface area (Å²) >= 11 is 5.20. The fourth-order valence-electron chi connectivity index (χ4n) is 3.34. The first-order chi connectivity index (χ1) is 9.04. The van der Waals surface area contributed by atoms with Crippen molar-refractivity contribution in [2.24, 2.45) is 22.4 Å². The highest BCUT2D eigenvalue weighted by Gasteiger charge is 2.50. The first-order valence-corrected chi connectivity index (χ1v) is 7.35. The van der Waals surface area contributed by atoms with Crippen molar-refractivity contribution in [3.8, 4) is 0 Å². The van der Waals surface area contributed by atoms with Crippen LogP contribution in [0, 0.1) is 22.0 Å². The summed E-state index contributed by atoms with van der Waals surface area (Å²) < 4.78 is 2.30. The molecule has 102 valence electrons. The molecule has 19 heavy (non-hydrogen) atoms. The van der Waals surface area contributed by atoms with Crippen molar-refractivity contribution in [1.29, 1.82) is 0 Å². The van der Waals surface area contributed by atoms with Crippen molar-refractivity contribution in [2.75, 3.05) is 0 Å². The Morgan fingerprint density at radius 1 is 1.63 bits per heavy atom. The summed E-state index contributed by atoms with van der Waals surface area (Å²) in [4.78, 5) is 0. The van der Waals surface area contributed by atoms with E-state index in [0.29, 0.717) is 16.1 Å². The van der Waals surface area contributed by atoms with Crippen LogP contribution in [0.1, 0.15) is 39.4 Å². The summed E-state index contributed by atoms with van der Waals surface area (Å²) in [6.45, 7) is 6.79. The molecule has 5 heteroatoms. The number of rotatable bonds is 3. The summed E-state index contributed by atoms with van der Waals surface area (Å²) in [7, 11) is 0. The van der Waals surface area contributed by atoms with Gasteiger partial charge in [0.25, 0.3) is 0 Å². The summed E-state index contributed by atoms with van der Waals surface area (Å²) in [6.07, 6.45) is 7.63. The number of nitrogens with one attached hydrogen (secondary N) is 1. The van der Waals surface area contributed by atoms with Gasteiger partial charge < -0.3 is 0 Å². The van der Waals surface area contributed by atoms with E-state index in [0.717, 1.165) is 18.2 Å². The van der Waals surface area contributed by atoms with Crippen molar-refractivity contribution in [3.63, 3.8) is 0 Å². The Kier molecular flexibility index (Phi) is 2.96. The lowest BCUT2D eigenvalue weighted by molar-refractivity contribution is -0.00127. The Balaban J connectivity index is 1.86. The van der Waals surface area contributed by atoms with Crippen LogP contribution in [0.25, 0.3) is 0 Å². The summed E-state index contributed by atoms with van der Waals surface area (Å²) in [5.41, 5.74) is 1.79. The fraction of sp³-hybridized carbons (Fsp3) is 0.643. The molecule has 1 saturated carbocycles. The molecule has 0 aromatic carbocycles. The van der Waals surface area contributed by atoms with Gasteiger partial charge in [0.1, 0.15) is 0 Å². The number of aryl methyl sites for hydroxylation is 1. The van der Waals surface area contributed by atoms with Gasteiger partial charge in [0, 0.05) is 6.42 Å². The lowest BCUT2D eigenvalue weighted by Crippen LogP contribution is -2.48. The zero-order chi connectivity index (χ0) is 13.6. The average Bonchev–Trinajstić information content (AvgIpc) is 2.76. The standard InChI is InChI=1S/C14H20N4S/c1-4-12-16-17-13(19)18(12)15-8-9-5-6-10-7-11(9)14(10,2)3/h5,8,10-11H,4,6-7H2,1-3H3,(H,17,19)/b15-8-/t10-,11-/m1/s1. The molecular weight excluding hydrogens is 256 g/mol. The van der Waals surface area contributed by atoms with Crippen LogP contribution in [0.3, 0.4) is 0 Å². The second kappa shape index (κ2) is 4.40. The van der Waals surface area contributed by atoms with Crippen molar-refractivity contribution in [2.45, 2.75) is 40.0 Å². The van der Waals surface area contributed by atoms with Gasteiger partial charge in [-0.2, -0.15) is 14.9 Å². The number of hydrogen-bond acceptors (Lipinski definition) is 3. The quantitative estimate of drug-likeness (QED) is 0.680. The maximum atomic E-state index is 5.20. The van der Waals surface area contributed by atoms with E-state index in [2.05, 4.69) is 42.1 Å². The monoisotopic (exact) mass is 276 g/mol. The Morgan fingerprint density at radius 3 is 3.05 bits per heavy atom. The topological polar surface area (TPSA) is 46.0 Å². The molecule has 2 atom stereocenters. The van der Waals surface area contributed by atoms with Gasteiger partial charge in [0.2, 0.25) is 4.77 Å². The molecule has 1 N–H and O–H groups in total. The van der Waals surface area contributed by atoms with E-state index in [1.165, 1.54) is 18.4 Å². The third kappa shape index (κ3) is 1.91. The molecule has 0 saturated heterocycles. The average molecular weight is 276 g/mol. The molecule has 4 nitrogen and oxygen atoms in total. The number of allylic oxidation sites excluding steroid dienone is 2. The third-order valence-electron chi connectivity index (χ3n) is 4.87. The molecule has 3 aliphatic rings. The smallest absolute Gasteiger partial charge is 0.216 e. The first kappa shape index (κ1) is 12.8. The summed E-state index contributed by atoms with van der Waals surface area (Å²) in [6, 6.07) is 0. The lowest BCUT2D eigenvalue weighted by Gasteiger charge is -2.55. The van der Waals surface area contributed by atoms with Crippen molar-refractivity contribution >= 4 is 18.4 Å². The minimum atomic E-state index is 0.432. The van der Waals surface area contributed by atoms with E-state index in [9.17, 15) is 0 Å². The van der Waals surface area contributed by atoms with E-state index < -0.39 is 0 Å². The maximum Gasteiger partial charge on any atom is 0.216 e. The molecule has 0 amide bonds. The molecule has 0 unspecified atom stereocenters. The van der Waals surface area contributed by atoms with Crippen LogP contribution in [0.2, 0.25) is 0 Å². The predicted octanol–water partition coefficient (Wildman–Crippen LogP) is 3.33. The number of aromatic nitrogens is 3. The summed E-state index contributed by atoms with van der Waals surface area (Å²) in [5.74, 6) is 2.39. The van der Waals surface area contributed by atoms with Crippen LogP contribution in [0.15, 0.2) is 16.8 Å². The number of nitrogens with zero attached hydrogens (tertiary/aromatic N) is 3. The maximum absolute atomic E-state index is 5.20. The van der Waals surface area contributed by atoms with Crippen molar-refractivity contribution in [3.05, 3.63) is 22.2 Å². The highest BCUT2D eigenvalue weighted by Crippen LogP contribution is 2.58. The van der Waals surface area contributed by atoms with E-state index in [1.54, 1.807) is 4.68 Å². The Hall–Kier alpha value is -1.23. The van der Waals surface area contributed by atoms with Crippen molar-refractivity contribution < 1.29 is 0 Å². The highest BCUT2D eigenvalue weighted by molar-refractivity contribution is 7.71. The van der Waals surface area contributed by atoms with Crippen LogP contribution in [-0.4, -0.2) is 21.1 Å². The lowest BCUT2D eigenvalue weighted by atomic mass is 9.49. The second-order valence-electron chi connectivity index (χ2n) is 6.10. The van der Waals surface area contributed by atoms with Crippen LogP contribution in [0.5, 0.6) is 0 Å². The van der Waals surface area contributed by atoms with E-state index in [1.807, 2.05) is 6.21 Å². The van der Waals surface area contributed by atoms with Crippen molar-refractivity contribution in [1.82, 2.24) is 14.9 Å². The van der Waals surface area contributed by atoms with E-state index in [4.69, 9.17) is 12.2 Å². The molecule has 0 aliphatic heterocycles. The minimum Gasteiger partial charge on any atom is -0.250 e. The normalized spacial score (nSPS) is 28.3. The number of fused-ring (bicyclic) bond motifs is 1. The van der Waals surface area contributed by atoms with Gasteiger partial charge in [-0.25, -0.2) is 0 Å². The second-order valence-corrected chi connectivity index (χ2v) is 6.49. The largest absolute Gasteiger partial charge is 0.250 e. The van der Waals surface area contributed by atoms with Crippen LogP contribution < -0.4 is 0 Å². The molecule has 0 spiro atoms. The molecule has 2 bridgehead atoms. The molecule has 1 aromatic rings. The highest BCUT2D eigenvalue weighted by atomic mass is 32.1. The van der Waals surface area contributed by atoms with Gasteiger partial charge in [-0.15, -0.1) is 0 Å². The van der Waals surface area contributed by atoms with E-state index >= 15 is 0 Å². The molecule has 1 fully saturated rings. The van der Waals surface area contributed by atoms with Gasteiger partial charge in [-0.1, -0.05) is 26.8 Å². The van der Waals surface area contributed by atoms with Gasteiger partial charge in [-0.05, 0) is 47.9 Å². The molecular formula is C14H20N4S. The van der Waals surface area contributed by atoms with E-state index in [-0.39, 0.29) is 0 Å². The molecule has 0 radical (unpaired) electrons. The molecule has 1 aromatic heterocycles. The van der Waals surface area contributed by atoms with Gasteiger partial charge in [0.05, 0.1) is 6.21 Å². The van der Waals surface area contributed by atoms with Gasteiger partial charge >= 0.3 is 0 Å². The Bertz CT molecular complexity index is 605. The third-order valence-corrected chi connectivity index (χ3v) is 5.13. The zero-order valence-corrected chi connectivity index (χ0v) is 12.5. The fourth-order valence-corrected chi connectivity index (χ4v) is 3.54. The van der Waals surface area contributed by atoms with Crippen LogP contribution >= 0.6 is 12.2 Å². The SMILES string of the molecule is CCc1n[nH]c(=S)n1/N=C\C1=CC[C@@H]2C[C@H]1C2(C)C. The van der Waals surface area contributed by atoms with Crippen LogP contribution in [0.4, 0.5) is 0 Å². The Morgan fingerprint density at radius 2 is 2.42 bits per heavy atom. The number of hydrogen-bond donors (Lipinski definition) is 1. The summed E-state index contributed by atoms with van der Waals surface area (Å²) in [5, 5.41) is 11.5. The Labute approximate surface area is 118 Å². The van der Waals surface area contributed by atoms with Crippen LogP contribution in [-0.2, 0) is 6.42 Å². The molecule has 1 heterocycles. The predicted molar refractivity (Wildman–Crippen MR) is 78.8 cm³/mol. The molecule has 3 aliphatic carbocycles. The first-order valence-electron chi connectivity index (χ1n) is 6.94. The number of aromatic amines is 1. The number of H-pyrrole nitrogens is 1. The minimum absolute atomic E-state index is 0.432. The van der Waals surface area contributed by atoms with Gasteiger partial charge in [0.15, 0.2) is 5.82 Å². The molecule has 4 rings (SSSR count).